The molecule has 140 valence electrons. The highest BCUT2D eigenvalue weighted by Gasteiger charge is 2.30. The van der Waals surface area contributed by atoms with Crippen molar-refractivity contribution in [1.82, 2.24) is 16.0 Å². The molecule has 4 rings (SSSR count). The Bertz CT molecular complexity index is 911. The number of nitrogens with zero attached hydrogens (tertiary/aromatic N) is 1. The molecule has 0 bridgehead atoms. The van der Waals surface area contributed by atoms with Crippen molar-refractivity contribution in [2.24, 2.45) is 0 Å². The molecule has 27 heavy (non-hydrogen) atoms. The Balaban J connectivity index is 1.67. The van der Waals surface area contributed by atoms with Gasteiger partial charge in [-0.05, 0) is 55.3 Å². The highest BCUT2D eigenvalue weighted by atomic mass is 79.9. The number of esters is 1. The number of hydrogen-bond donors (Lipinski definition) is 3. The molecule has 0 aliphatic carbocycles. The molecule has 0 radical (unpaired) electrons. The van der Waals surface area contributed by atoms with Crippen molar-refractivity contribution in [2.75, 3.05) is 19.0 Å². The number of halogens is 1. The van der Waals surface area contributed by atoms with E-state index in [0.717, 1.165) is 28.8 Å². The lowest BCUT2D eigenvalue weighted by molar-refractivity contribution is 0.0601. The maximum absolute atomic E-state index is 11.6. The maximum Gasteiger partial charge on any atom is 0.337 e. The molecule has 2 heterocycles. The fourth-order valence-electron chi connectivity index (χ4n) is 3.61. The fourth-order valence-corrected chi connectivity index (χ4v) is 3.99. The lowest BCUT2D eigenvalue weighted by Crippen LogP contribution is -2.37. The van der Waals surface area contributed by atoms with Crippen molar-refractivity contribution in [2.45, 2.75) is 19.4 Å². The van der Waals surface area contributed by atoms with Crippen LogP contribution in [0.4, 0.5) is 5.69 Å². The molecule has 2 aliphatic rings. The summed E-state index contributed by atoms with van der Waals surface area (Å²) in [5.74, 6) is -0.327. The van der Waals surface area contributed by atoms with Crippen molar-refractivity contribution < 1.29 is 9.53 Å². The predicted molar refractivity (Wildman–Crippen MR) is 108 cm³/mol. The molecule has 0 saturated carbocycles. The summed E-state index contributed by atoms with van der Waals surface area (Å²) in [6.45, 7) is 2.94. The summed E-state index contributed by atoms with van der Waals surface area (Å²) in [7, 11) is 1.39. The Morgan fingerprint density at radius 1 is 1.26 bits per heavy atom. The van der Waals surface area contributed by atoms with Gasteiger partial charge >= 0.3 is 5.97 Å². The number of fused-ring (bicyclic) bond motifs is 3. The van der Waals surface area contributed by atoms with Gasteiger partial charge < -0.3 is 15.5 Å². The van der Waals surface area contributed by atoms with Crippen molar-refractivity contribution in [1.29, 1.82) is 0 Å². The van der Waals surface area contributed by atoms with Gasteiger partial charge in [-0.1, -0.05) is 22.0 Å². The number of rotatable bonds is 3. The molecule has 7 heteroatoms. The van der Waals surface area contributed by atoms with Crippen molar-refractivity contribution in [3.05, 3.63) is 69.3 Å². The van der Waals surface area contributed by atoms with E-state index < -0.39 is 0 Å². The van der Waals surface area contributed by atoms with Crippen molar-refractivity contribution in [3.8, 4) is 0 Å². The molecule has 0 fully saturated rings. The topological polar surface area (TPSA) is 65.6 Å². The molecule has 0 aromatic heterocycles. The summed E-state index contributed by atoms with van der Waals surface area (Å²) < 4.78 is 5.82. The molecule has 3 N–H and O–H groups in total. The summed E-state index contributed by atoms with van der Waals surface area (Å²) >= 11 is 3.61. The summed E-state index contributed by atoms with van der Waals surface area (Å²) in [5.41, 5.74) is 12.7. The van der Waals surface area contributed by atoms with Crippen molar-refractivity contribution >= 4 is 33.3 Å². The SMILES string of the molecule is COC(=O)c1ccc(NC2CCN3NNC(C)=C3c3ccc(Br)cc32)cc1. The second kappa shape index (κ2) is 7.25. The first-order valence-corrected chi connectivity index (χ1v) is 9.61. The number of benzene rings is 2. The number of methoxy groups -OCH3 is 1. The van der Waals surface area contributed by atoms with Gasteiger partial charge in [0, 0.05) is 22.3 Å². The minimum absolute atomic E-state index is 0.147. The molecule has 1 atom stereocenters. The van der Waals surface area contributed by atoms with E-state index in [1.807, 2.05) is 12.1 Å². The van der Waals surface area contributed by atoms with Gasteiger partial charge in [0.25, 0.3) is 0 Å². The summed E-state index contributed by atoms with van der Waals surface area (Å²) in [6, 6.07) is 13.9. The third kappa shape index (κ3) is 3.40. The third-order valence-electron chi connectivity index (χ3n) is 4.94. The van der Waals surface area contributed by atoms with Gasteiger partial charge in [-0.2, -0.15) is 0 Å². The second-order valence-electron chi connectivity index (χ2n) is 6.65. The third-order valence-corrected chi connectivity index (χ3v) is 5.43. The molecular formula is C20H21BrN4O2. The Hall–Kier alpha value is -2.51. The number of carbonyl (C=O) groups excluding carboxylic acids is 1. The predicted octanol–water partition coefficient (Wildman–Crippen LogP) is 3.81. The quantitative estimate of drug-likeness (QED) is 0.646. The first-order valence-electron chi connectivity index (χ1n) is 8.81. The average Bonchev–Trinajstić information content (AvgIpc) is 2.97. The lowest BCUT2D eigenvalue weighted by Gasteiger charge is -2.21. The smallest absolute Gasteiger partial charge is 0.337 e. The summed E-state index contributed by atoms with van der Waals surface area (Å²) in [4.78, 5) is 11.6. The first-order chi connectivity index (χ1) is 13.1. The highest BCUT2D eigenvalue weighted by molar-refractivity contribution is 9.10. The Morgan fingerprint density at radius 3 is 2.78 bits per heavy atom. The largest absolute Gasteiger partial charge is 0.465 e. The molecule has 0 amide bonds. The van der Waals surface area contributed by atoms with Crippen LogP contribution in [0.1, 0.15) is 40.9 Å². The molecule has 6 nitrogen and oxygen atoms in total. The second-order valence-corrected chi connectivity index (χ2v) is 7.56. The number of carbonyl (C=O) groups is 1. The Kier molecular flexibility index (Phi) is 4.80. The van der Waals surface area contributed by atoms with Gasteiger partial charge in [-0.15, -0.1) is 5.53 Å². The van der Waals surface area contributed by atoms with Gasteiger partial charge in [-0.3, -0.25) is 5.01 Å². The van der Waals surface area contributed by atoms with Crippen LogP contribution < -0.4 is 16.3 Å². The Morgan fingerprint density at radius 2 is 2.04 bits per heavy atom. The van der Waals surface area contributed by atoms with E-state index in [9.17, 15) is 4.79 Å². The van der Waals surface area contributed by atoms with Crippen LogP contribution in [0, 0.1) is 0 Å². The van der Waals surface area contributed by atoms with Crippen LogP contribution in [0.5, 0.6) is 0 Å². The molecule has 0 spiro atoms. The van der Waals surface area contributed by atoms with E-state index in [1.165, 1.54) is 23.9 Å². The molecule has 0 saturated heterocycles. The van der Waals surface area contributed by atoms with Crippen LogP contribution in [0.2, 0.25) is 0 Å². The number of nitrogens with one attached hydrogen (secondary N) is 3. The van der Waals surface area contributed by atoms with Crippen LogP contribution in [0.15, 0.2) is 52.6 Å². The van der Waals surface area contributed by atoms with Gasteiger partial charge in [0.05, 0.1) is 30.1 Å². The normalized spacial score (nSPS) is 18.3. The monoisotopic (exact) mass is 428 g/mol. The average molecular weight is 429 g/mol. The standard InChI is InChI=1S/C20H21BrN4O2/c1-12-19-16-8-5-14(21)11-17(16)18(9-10-25(19)24-23-12)22-15-6-3-13(4-7-15)20(26)27-2/h3-8,11,18,22-24H,9-10H2,1-2H3. The molecule has 2 aromatic carbocycles. The fraction of sp³-hybridized carbons (Fsp3) is 0.250. The highest BCUT2D eigenvalue weighted by Crippen LogP contribution is 2.38. The Labute approximate surface area is 166 Å². The zero-order valence-electron chi connectivity index (χ0n) is 15.2. The van der Waals surface area contributed by atoms with Gasteiger partial charge in [-0.25, -0.2) is 4.79 Å². The number of ether oxygens (including phenoxy) is 1. The van der Waals surface area contributed by atoms with Crippen molar-refractivity contribution in [3.63, 3.8) is 0 Å². The number of allylic oxidation sites excluding steroid dienone is 1. The van der Waals surface area contributed by atoms with Crippen LogP contribution in [0.25, 0.3) is 5.70 Å². The van der Waals surface area contributed by atoms with E-state index in [-0.39, 0.29) is 12.0 Å². The van der Waals surface area contributed by atoms with Crippen LogP contribution >= 0.6 is 15.9 Å². The summed E-state index contributed by atoms with van der Waals surface area (Å²) in [6.07, 6.45) is 0.924. The summed E-state index contributed by atoms with van der Waals surface area (Å²) in [5, 5.41) is 5.78. The number of hydrogen-bond acceptors (Lipinski definition) is 6. The van der Waals surface area contributed by atoms with Crippen LogP contribution in [0.3, 0.4) is 0 Å². The number of hydrazine groups is 2. The molecule has 2 aliphatic heterocycles. The van der Waals surface area contributed by atoms with Gasteiger partial charge in [0.2, 0.25) is 0 Å². The first kappa shape index (κ1) is 17.9. The van der Waals surface area contributed by atoms with Crippen LogP contribution in [-0.2, 0) is 4.74 Å². The van der Waals surface area contributed by atoms with E-state index in [0.29, 0.717) is 5.56 Å². The zero-order valence-corrected chi connectivity index (χ0v) is 16.8. The minimum Gasteiger partial charge on any atom is -0.465 e. The molecule has 2 aromatic rings. The van der Waals surface area contributed by atoms with Crippen LogP contribution in [-0.4, -0.2) is 24.6 Å². The minimum atomic E-state index is -0.327. The van der Waals surface area contributed by atoms with Gasteiger partial charge in [0.15, 0.2) is 0 Å². The maximum atomic E-state index is 11.6. The van der Waals surface area contributed by atoms with E-state index in [1.54, 1.807) is 12.1 Å². The van der Waals surface area contributed by atoms with E-state index in [4.69, 9.17) is 4.74 Å². The number of anilines is 1. The van der Waals surface area contributed by atoms with Gasteiger partial charge in [0.1, 0.15) is 0 Å². The molecular weight excluding hydrogens is 408 g/mol. The zero-order chi connectivity index (χ0) is 19.0. The van der Waals surface area contributed by atoms with E-state index in [2.05, 4.69) is 62.3 Å². The van der Waals surface area contributed by atoms with E-state index >= 15 is 0 Å². The molecule has 1 unspecified atom stereocenters. The lowest BCUT2D eigenvalue weighted by atomic mass is 9.97.